The molecule has 4 heteroatoms. The van der Waals surface area contributed by atoms with Gasteiger partial charge in [0.2, 0.25) is 0 Å². The smallest absolute Gasteiger partial charge is 0.173 e. The third-order valence-electron chi connectivity index (χ3n) is 3.85. The molecule has 0 unspecified atom stereocenters. The fourth-order valence-electron chi connectivity index (χ4n) is 2.55. The highest BCUT2D eigenvalue weighted by Crippen LogP contribution is 2.30. The zero-order chi connectivity index (χ0) is 19.9. The SMILES string of the molecule is COc1cc(/C=C(/C#N)C(=O)CC(C)(C)C)ccc1OCc1ccccc1. The molecule has 0 spiro atoms. The second kappa shape index (κ2) is 9.05. The summed E-state index contributed by atoms with van der Waals surface area (Å²) in [6, 6.07) is 17.2. The van der Waals surface area contributed by atoms with Crippen LogP contribution in [-0.2, 0) is 11.4 Å². The van der Waals surface area contributed by atoms with Gasteiger partial charge in [0.05, 0.1) is 12.7 Å². The minimum Gasteiger partial charge on any atom is -0.493 e. The molecule has 0 atom stereocenters. The van der Waals surface area contributed by atoms with Crippen molar-refractivity contribution in [3.8, 4) is 17.6 Å². The van der Waals surface area contributed by atoms with Gasteiger partial charge in [0.1, 0.15) is 12.7 Å². The number of methoxy groups -OCH3 is 1. The molecule has 140 valence electrons. The van der Waals surface area contributed by atoms with Crippen molar-refractivity contribution in [2.75, 3.05) is 7.11 Å². The second-order valence-corrected chi connectivity index (χ2v) is 7.51. The van der Waals surface area contributed by atoms with Gasteiger partial charge in [0.25, 0.3) is 0 Å². The molecule has 0 aliphatic rings. The van der Waals surface area contributed by atoms with E-state index in [1.165, 1.54) is 0 Å². The molecule has 0 aromatic heterocycles. The molecule has 0 aliphatic heterocycles. The predicted molar refractivity (Wildman–Crippen MR) is 106 cm³/mol. The van der Waals surface area contributed by atoms with Crippen LogP contribution in [0.2, 0.25) is 0 Å². The molecule has 2 rings (SSSR count). The van der Waals surface area contributed by atoms with Crippen molar-refractivity contribution in [3.63, 3.8) is 0 Å². The topological polar surface area (TPSA) is 59.3 Å². The molecule has 0 saturated carbocycles. The van der Waals surface area contributed by atoms with Gasteiger partial charge >= 0.3 is 0 Å². The third kappa shape index (κ3) is 6.31. The molecule has 2 aromatic carbocycles. The Hall–Kier alpha value is -3.06. The normalized spacial score (nSPS) is 11.6. The molecule has 0 aliphatic carbocycles. The molecule has 0 bridgehead atoms. The van der Waals surface area contributed by atoms with Gasteiger partial charge < -0.3 is 9.47 Å². The summed E-state index contributed by atoms with van der Waals surface area (Å²) in [5.41, 5.74) is 1.76. The second-order valence-electron chi connectivity index (χ2n) is 7.51. The molecule has 0 saturated heterocycles. The minimum absolute atomic E-state index is 0.143. The monoisotopic (exact) mass is 363 g/mol. The number of hydrogen-bond acceptors (Lipinski definition) is 4. The maximum atomic E-state index is 12.3. The number of nitriles is 1. The van der Waals surface area contributed by atoms with Crippen LogP contribution in [0.5, 0.6) is 11.5 Å². The van der Waals surface area contributed by atoms with E-state index in [1.807, 2.05) is 63.2 Å². The third-order valence-corrected chi connectivity index (χ3v) is 3.85. The van der Waals surface area contributed by atoms with E-state index in [2.05, 4.69) is 0 Å². The average Bonchev–Trinajstić information content (AvgIpc) is 2.64. The number of Topliss-reactive ketones (excluding diaryl/α,β-unsaturated/α-hetero) is 1. The Morgan fingerprint density at radius 3 is 2.41 bits per heavy atom. The minimum atomic E-state index is -0.167. The number of carbonyl (C=O) groups is 1. The molecule has 0 heterocycles. The average molecular weight is 363 g/mol. The number of ketones is 1. The Morgan fingerprint density at radius 1 is 1.11 bits per heavy atom. The molecule has 2 aromatic rings. The first kappa shape index (κ1) is 20.3. The lowest BCUT2D eigenvalue weighted by atomic mass is 9.87. The molecular weight excluding hydrogens is 338 g/mol. The lowest BCUT2D eigenvalue weighted by Crippen LogP contribution is -2.14. The van der Waals surface area contributed by atoms with Crippen LogP contribution in [0.3, 0.4) is 0 Å². The maximum absolute atomic E-state index is 12.3. The van der Waals surface area contributed by atoms with E-state index in [0.29, 0.717) is 24.5 Å². The summed E-state index contributed by atoms with van der Waals surface area (Å²) in [5.74, 6) is 1.01. The fourth-order valence-corrected chi connectivity index (χ4v) is 2.55. The van der Waals surface area contributed by atoms with Crippen molar-refractivity contribution < 1.29 is 14.3 Å². The van der Waals surface area contributed by atoms with E-state index in [4.69, 9.17) is 9.47 Å². The summed E-state index contributed by atoms with van der Waals surface area (Å²) in [6.45, 7) is 6.35. The van der Waals surface area contributed by atoms with Gasteiger partial charge in [-0.25, -0.2) is 0 Å². The van der Waals surface area contributed by atoms with Crippen LogP contribution in [0.15, 0.2) is 54.1 Å². The highest BCUT2D eigenvalue weighted by molar-refractivity contribution is 6.03. The van der Waals surface area contributed by atoms with Crippen molar-refractivity contribution in [2.45, 2.75) is 33.8 Å². The van der Waals surface area contributed by atoms with E-state index in [9.17, 15) is 10.1 Å². The molecule has 0 radical (unpaired) electrons. The summed E-state index contributed by atoms with van der Waals surface area (Å²) in [6.07, 6.45) is 1.92. The molecule has 0 fully saturated rings. The first-order valence-corrected chi connectivity index (χ1v) is 8.82. The number of hydrogen-bond donors (Lipinski definition) is 0. The zero-order valence-electron chi connectivity index (χ0n) is 16.3. The number of benzene rings is 2. The van der Waals surface area contributed by atoms with E-state index in [0.717, 1.165) is 11.1 Å². The van der Waals surface area contributed by atoms with Gasteiger partial charge in [-0.2, -0.15) is 5.26 Å². The van der Waals surface area contributed by atoms with Crippen molar-refractivity contribution in [1.82, 2.24) is 0 Å². The lowest BCUT2D eigenvalue weighted by Gasteiger charge is -2.16. The van der Waals surface area contributed by atoms with E-state index >= 15 is 0 Å². The van der Waals surface area contributed by atoms with Gasteiger partial charge in [-0.1, -0.05) is 57.2 Å². The Labute approximate surface area is 161 Å². The number of nitrogens with zero attached hydrogens (tertiary/aromatic N) is 1. The van der Waals surface area contributed by atoms with Crippen LogP contribution in [0.4, 0.5) is 0 Å². The highest BCUT2D eigenvalue weighted by Gasteiger charge is 2.19. The van der Waals surface area contributed by atoms with Gasteiger partial charge in [0.15, 0.2) is 17.3 Å². The van der Waals surface area contributed by atoms with Crippen LogP contribution >= 0.6 is 0 Å². The Bertz CT molecular complexity index is 855. The quantitative estimate of drug-likeness (QED) is 0.502. The first-order valence-electron chi connectivity index (χ1n) is 8.82. The maximum Gasteiger partial charge on any atom is 0.173 e. The van der Waals surface area contributed by atoms with Crippen molar-refractivity contribution in [1.29, 1.82) is 5.26 Å². The molecular formula is C23H25NO3. The summed E-state index contributed by atoms with van der Waals surface area (Å²) in [7, 11) is 1.56. The Morgan fingerprint density at radius 2 is 1.81 bits per heavy atom. The van der Waals surface area contributed by atoms with Crippen LogP contribution in [0, 0.1) is 16.7 Å². The molecule has 27 heavy (non-hydrogen) atoms. The molecule has 4 nitrogen and oxygen atoms in total. The Kier molecular flexibility index (Phi) is 6.79. The van der Waals surface area contributed by atoms with Crippen LogP contribution in [0.1, 0.15) is 38.3 Å². The van der Waals surface area contributed by atoms with E-state index in [-0.39, 0.29) is 16.8 Å². The van der Waals surface area contributed by atoms with Gasteiger partial charge in [-0.15, -0.1) is 0 Å². The van der Waals surface area contributed by atoms with Gasteiger partial charge in [-0.05, 0) is 34.8 Å². The highest BCUT2D eigenvalue weighted by atomic mass is 16.5. The molecule has 0 N–H and O–H groups in total. The number of ether oxygens (including phenoxy) is 2. The first-order chi connectivity index (χ1) is 12.8. The fraction of sp³-hybridized carbons (Fsp3) is 0.304. The van der Waals surface area contributed by atoms with Crippen LogP contribution in [0.25, 0.3) is 6.08 Å². The summed E-state index contributed by atoms with van der Waals surface area (Å²) >= 11 is 0. The van der Waals surface area contributed by atoms with E-state index in [1.54, 1.807) is 25.3 Å². The van der Waals surface area contributed by atoms with Crippen molar-refractivity contribution in [2.24, 2.45) is 5.41 Å². The predicted octanol–water partition coefficient (Wildman–Crippen LogP) is 5.19. The number of rotatable bonds is 7. The van der Waals surface area contributed by atoms with Gasteiger partial charge in [-0.3, -0.25) is 4.79 Å². The summed E-state index contributed by atoms with van der Waals surface area (Å²) in [5, 5.41) is 9.35. The lowest BCUT2D eigenvalue weighted by molar-refractivity contribution is -0.116. The number of carbonyl (C=O) groups excluding carboxylic acids is 1. The standard InChI is InChI=1S/C23H25NO3/c1-23(2,3)14-20(25)19(15-24)12-18-10-11-21(22(13-18)26-4)27-16-17-8-6-5-7-9-17/h5-13H,14,16H2,1-4H3/b19-12-. The van der Waals surface area contributed by atoms with Crippen LogP contribution < -0.4 is 9.47 Å². The zero-order valence-corrected chi connectivity index (χ0v) is 16.3. The number of allylic oxidation sites excluding steroid dienone is 1. The van der Waals surface area contributed by atoms with Gasteiger partial charge in [0, 0.05) is 6.42 Å². The summed E-state index contributed by atoms with van der Waals surface area (Å²) < 4.78 is 11.2. The van der Waals surface area contributed by atoms with Crippen molar-refractivity contribution in [3.05, 3.63) is 65.2 Å². The van der Waals surface area contributed by atoms with Crippen molar-refractivity contribution >= 4 is 11.9 Å². The Balaban J connectivity index is 2.19. The largest absolute Gasteiger partial charge is 0.493 e. The molecule has 0 amide bonds. The van der Waals surface area contributed by atoms with E-state index < -0.39 is 0 Å². The summed E-state index contributed by atoms with van der Waals surface area (Å²) in [4.78, 5) is 12.3. The van der Waals surface area contributed by atoms with Crippen LogP contribution in [-0.4, -0.2) is 12.9 Å².